The van der Waals surface area contributed by atoms with Gasteiger partial charge in [0, 0.05) is 10.5 Å². The largest absolute Gasteiger partial charge is 0.508 e. The third kappa shape index (κ3) is 3.20. The van der Waals surface area contributed by atoms with Crippen molar-refractivity contribution in [2.75, 3.05) is 0 Å². The summed E-state index contributed by atoms with van der Waals surface area (Å²) in [6.45, 7) is 1.90. The van der Waals surface area contributed by atoms with Crippen LogP contribution in [0.5, 0.6) is 5.75 Å². The zero-order valence-corrected chi connectivity index (χ0v) is 8.95. The van der Waals surface area contributed by atoms with Crippen molar-refractivity contribution < 1.29 is 5.11 Å². The smallest absolute Gasteiger partial charge is 0.116 e. The van der Waals surface area contributed by atoms with E-state index >= 15 is 0 Å². The molecular weight excluding hydrogens is 230 g/mol. The van der Waals surface area contributed by atoms with Gasteiger partial charge in [-0.3, -0.25) is 0 Å². The van der Waals surface area contributed by atoms with Crippen LogP contribution in [-0.2, 0) is 0 Å². The van der Waals surface area contributed by atoms with Gasteiger partial charge in [-0.25, -0.2) is 0 Å². The highest BCUT2D eigenvalue weighted by Gasteiger charge is 1.97. The molecule has 0 radical (unpaired) electrons. The lowest BCUT2D eigenvalue weighted by atomic mass is 10.2. The second-order valence-corrected chi connectivity index (χ2v) is 3.78. The van der Waals surface area contributed by atoms with Crippen LogP contribution in [0.4, 0.5) is 0 Å². The lowest BCUT2D eigenvalue weighted by Gasteiger charge is -2.00. The highest BCUT2D eigenvalue weighted by molar-refractivity contribution is 9.10. The summed E-state index contributed by atoms with van der Waals surface area (Å²) in [6, 6.07) is 5.14. The molecule has 1 atom stereocenters. The van der Waals surface area contributed by atoms with E-state index in [1.807, 2.05) is 19.1 Å². The summed E-state index contributed by atoms with van der Waals surface area (Å²) in [4.78, 5) is 0. The summed E-state index contributed by atoms with van der Waals surface area (Å²) in [7, 11) is 0. The zero-order valence-electron chi connectivity index (χ0n) is 7.37. The summed E-state index contributed by atoms with van der Waals surface area (Å²) < 4.78 is 0.946. The van der Waals surface area contributed by atoms with Crippen LogP contribution in [-0.4, -0.2) is 11.1 Å². The molecule has 1 rings (SSSR count). The fraction of sp³-hybridized carbons (Fsp3) is 0.200. The Morgan fingerprint density at radius 2 is 2.23 bits per heavy atom. The fourth-order valence-electron chi connectivity index (χ4n) is 0.914. The first-order chi connectivity index (χ1) is 6.09. The molecule has 0 saturated heterocycles. The third-order valence-electron chi connectivity index (χ3n) is 1.56. The summed E-state index contributed by atoms with van der Waals surface area (Å²) in [5.74, 6) is 0.257. The molecule has 0 saturated carbocycles. The number of phenols is 1. The van der Waals surface area contributed by atoms with E-state index in [0.717, 1.165) is 10.0 Å². The maximum Gasteiger partial charge on any atom is 0.116 e. The van der Waals surface area contributed by atoms with Gasteiger partial charge in [0.1, 0.15) is 5.75 Å². The number of hydrogen-bond acceptors (Lipinski definition) is 2. The number of aromatic hydroxyl groups is 1. The topological polar surface area (TPSA) is 46.2 Å². The summed E-state index contributed by atoms with van der Waals surface area (Å²) in [5, 5.41) is 9.22. The van der Waals surface area contributed by atoms with Crippen molar-refractivity contribution in [2.24, 2.45) is 5.73 Å². The minimum absolute atomic E-state index is 0.0225. The zero-order chi connectivity index (χ0) is 9.84. The van der Waals surface area contributed by atoms with Gasteiger partial charge in [-0.05, 0) is 30.7 Å². The molecule has 0 aliphatic rings. The molecule has 3 N–H and O–H groups in total. The van der Waals surface area contributed by atoms with Crippen LogP contribution < -0.4 is 5.73 Å². The first-order valence-electron chi connectivity index (χ1n) is 4.02. The van der Waals surface area contributed by atoms with Gasteiger partial charge < -0.3 is 10.8 Å². The summed E-state index contributed by atoms with van der Waals surface area (Å²) in [5.41, 5.74) is 6.49. The number of halogens is 1. The molecule has 2 nitrogen and oxygen atoms in total. The van der Waals surface area contributed by atoms with E-state index in [0.29, 0.717) is 0 Å². The molecule has 70 valence electrons. The Labute approximate surface area is 86.2 Å². The Hall–Kier alpha value is -0.800. The van der Waals surface area contributed by atoms with Gasteiger partial charge in [0.25, 0.3) is 0 Å². The SMILES string of the molecule is CC(N)/C=C/c1cc(O)ccc1Br. The van der Waals surface area contributed by atoms with Crippen molar-refractivity contribution in [1.82, 2.24) is 0 Å². The Kier molecular flexibility index (Phi) is 3.51. The lowest BCUT2D eigenvalue weighted by molar-refractivity contribution is 0.475. The van der Waals surface area contributed by atoms with E-state index in [1.54, 1.807) is 18.2 Å². The number of phenolic OH excluding ortho intramolecular Hbond substituents is 1. The minimum atomic E-state index is 0.0225. The van der Waals surface area contributed by atoms with Crippen LogP contribution in [0.2, 0.25) is 0 Å². The molecule has 0 fully saturated rings. The normalized spacial score (nSPS) is 13.5. The second kappa shape index (κ2) is 4.44. The van der Waals surface area contributed by atoms with E-state index in [1.165, 1.54) is 0 Å². The number of benzene rings is 1. The molecular formula is C10H12BrNO. The van der Waals surface area contributed by atoms with Gasteiger partial charge in [0.05, 0.1) is 0 Å². The first kappa shape index (κ1) is 10.3. The van der Waals surface area contributed by atoms with Crippen LogP contribution in [0.3, 0.4) is 0 Å². The van der Waals surface area contributed by atoms with Gasteiger partial charge in [-0.2, -0.15) is 0 Å². The van der Waals surface area contributed by atoms with Crippen molar-refractivity contribution in [3.63, 3.8) is 0 Å². The lowest BCUT2D eigenvalue weighted by Crippen LogP contribution is -2.09. The number of rotatable bonds is 2. The van der Waals surface area contributed by atoms with Crippen LogP contribution >= 0.6 is 15.9 Å². The first-order valence-corrected chi connectivity index (χ1v) is 4.81. The Bertz CT molecular complexity index is 321. The van der Waals surface area contributed by atoms with E-state index in [2.05, 4.69) is 15.9 Å². The van der Waals surface area contributed by atoms with Gasteiger partial charge >= 0.3 is 0 Å². The Morgan fingerprint density at radius 1 is 1.54 bits per heavy atom. The molecule has 1 aromatic carbocycles. The van der Waals surface area contributed by atoms with Gasteiger partial charge in [-0.15, -0.1) is 0 Å². The Balaban J connectivity index is 2.93. The van der Waals surface area contributed by atoms with Crippen molar-refractivity contribution in [1.29, 1.82) is 0 Å². The molecule has 0 aliphatic heterocycles. The standard InChI is InChI=1S/C10H12BrNO/c1-7(12)2-3-8-6-9(13)4-5-10(8)11/h2-7,13H,12H2,1H3/b3-2+. The molecule has 0 heterocycles. The molecule has 0 spiro atoms. The van der Waals surface area contributed by atoms with Crippen LogP contribution in [0.1, 0.15) is 12.5 Å². The number of nitrogens with two attached hydrogens (primary N) is 1. The highest BCUT2D eigenvalue weighted by atomic mass is 79.9. The molecule has 1 unspecified atom stereocenters. The monoisotopic (exact) mass is 241 g/mol. The molecule has 3 heteroatoms. The molecule has 0 bridgehead atoms. The second-order valence-electron chi connectivity index (χ2n) is 2.92. The minimum Gasteiger partial charge on any atom is -0.508 e. The van der Waals surface area contributed by atoms with E-state index in [-0.39, 0.29) is 11.8 Å². The highest BCUT2D eigenvalue weighted by Crippen LogP contribution is 2.22. The molecule has 13 heavy (non-hydrogen) atoms. The van der Waals surface area contributed by atoms with Crippen LogP contribution in [0, 0.1) is 0 Å². The van der Waals surface area contributed by atoms with E-state index in [4.69, 9.17) is 5.73 Å². The fourth-order valence-corrected chi connectivity index (χ4v) is 1.29. The van der Waals surface area contributed by atoms with E-state index < -0.39 is 0 Å². The third-order valence-corrected chi connectivity index (χ3v) is 2.28. The molecule has 1 aromatic rings. The van der Waals surface area contributed by atoms with Crippen molar-refractivity contribution in [3.05, 3.63) is 34.3 Å². The van der Waals surface area contributed by atoms with E-state index in [9.17, 15) is 5.11 Å². The summed E-state index contributed by atoms with van der Waals surface area (Å²) in [6.07, 6.45) is 3.76. The molecule has 0 aliphatic carbocycles. The summed E-state index contributed by atoms with van der Waals surface area (Å²) >= 11 is 3.38. The van der Waals surface area contributed by atoms with Crippen molar-refractivity contribution in [3.8, 4) is 5.75 Å². The molecule has 0 aromatic heterocycles. The molecule has 0 amide bonds. The van der Waals surface area contributed by atoms with Crippen molar-refractivity contribution >= 4 is 22.0 Å². The maximum atomic E-state index is 9.22. The number of hydrogen-bond donors (Lipinski definition) is 2. The van der Waals surface area contributed by atoms with Crippen molar-refractivity contribution in [2.45, 2.75) is 13.0 Å². The van der Waals surface area contributed by atoms with Crippen LogP contribution in [0.15, 0.2) is 28.7 Å². The Morgan fingerprint density at radius 3 is 2.85 bits per heavy atom. The quantitative estimate of drug-likeness (QED) is 0.836. The van der Waals surface area contributed by atoms with Gasteiger partial charge in [0.15, 0.2) is 0 Å². The van der Waals surface area contributed by atoms with Gasteiger partial charge in [-0.1, -0.05) is 28.1 Å². The average Bonchev–Trinajstić information content (AvgIpc) is 2.06. The average molecular weight is 242 g/mol. The maximum absolute atomic E-state index is 9.22. The van der Waals surface area contributed by atoms with Gasteiger partial charge in [0.2, 0.25) is 0 Å². The predicted molar refractivity (Wildman–Crippen MR) is 58.5 cm³/mol. The van der Waals surface area contributed by atoms with Crippen LogP contribution in [0.25, 0.3) is 6.08 Å². The predicted octanol–water partition coefficient (Wildman–Crippen LogP) is 2.52.